The Hall–Kier alpha value is -3.19. The molecule has 1 fully saturated rings. The zero-order valence-electron chi connectivity index (χ0n) is 16.8. The highest BCUT2D eigenvalue weighted by atomic mass is 32.2. The minimum atomic E-state index is -3.82. The molecule has 4 aromatic rings. The number of hydrogen-bond acceptors (Lipinski definition) is 9. The van der Waals surface area contributed by atoms with Gasteiger partial charge < -0.3 is 15.5 Å². The summed E-state index contributed by atoms with van der Waals surface area (Å²) in [5, 5.41) is 12.7. The number of primary sulfonamides is 1. The molecule has 10 nitrogen and oxygen atoms in total. The Bertz CT molecular complexity index is 1450. The molecule has 32 heavy (non-hydrogen) atoms. The average molecular weight is 470 g/mol. The van der Waals surface area contributed by atoms with E-state index >= 15 is 0 Å². The van der Waals surface area contributed by atoms with E-state index in [0.717, 1.165) is 23.2 Å². The summed E-state index contributed by atoms with van der Waals surface area (Å²) in [6.07, 6.45) is 1.67. The molecule has 1 saturated heterocycles. The first-order chi connectivity index (χ1) is 15.4. The number of carbonyl (C=O) groups is 1. The van der Waals surface area contributed by atoms with E-state index in [-0.39, 0.29) is 10.8 Å². The number of nitrogens with zero attached hydrogens (tertiary/aromatic N) is 4. The Morgan fingerprint density at radius 2 is 1.97 bits per heavy atom. The third-order valence-electron chi connectivity index (χ3n) is 5.11. The van der Waals surface area contributed by atoms with Crippen LogP contribution in [0.1, 0.15) is 9.80 Å². The number of piperazine rings is 1. The fourth-order valence-corrected chi connectivity index (χ4v) is 5.10. The molecule has 5 rings (SSSR count). The Balaban J connectivity index is 1.50. The van der Waals surface area contributed by atoms with E-state index in [9.17, 15) is 13.2 Å². The van der Waals surface area contributed by atoms with Gasteiger partial charge in [-0.2, -0.15) is 0 Å². The zero-order valence-corrected chi connectivity index (χ0v) is 18.4. The number of aromatic nitrogens is 3. The number of fused-ring (bicyclic) bond motifs is 3. The number of amides is 1. The maximum absolute atomic E-state index is 12.9. The molecule has 0 unspecified atom stereocenters. The minimum absolute atomic E-state index is 0.01000. The SMILES string of the molecule is NS(=O)(=O)c1cccc(Nc2ncc3ccc4nc(C(=O)N5CCNCC5)sc4c3n2)c1. The molecule has 0 bridgehead atoms. The van der Waals surface area contributed by atoms with Crippen LogP contribution >= 0.6 is 11.3 Å². The average Bonchev–Trinajstić information content (AvgIpc) is 3.24. The summed E-state index contributed by atoms with van der Waals surface area (Å²) in [4.78, 5) is 28.1. The topological polar surface area (TPSA) is 143 Å². The van der Waals surface area contributed by atoms with Crippen molar-refractivity contribution in [1.29, 1.82) is 0 Å². The van der Waals surface area contributed by atoms with Gasteiger partial charge in [0.1, 0.15) is 0 Å². The van der Waals surface area contributed by atoms with Gasteiger partial charge in [-0.15, -0.1) is 11.3 Å². The highest BCUT2D eigenvalue weighted by Gasteiger charge is 2.22. The van der Waals surface area contributed by atoms with Gasteiger partial charge in [-0.1, -0.05) is 6.07 Å². The van der Waals surface area contributed by atoms with Crippen LogP contribution in [-0.2, 0) is 10.0 Å². The molecule has 1 amide bonds. The molecule has 0 radical (unpaired) electrons. The van der Waals surface area contributed by atoms with E-state index in [1.54, 1.807) is 23.2 Å². The van der Waals surface area contributed by atoms with Crippen LogP contribution < -0.4 is 15.8 Å². The summed E-state index contributed by atoms with van der Waals surface area (Å²) in [5.74, 6) is 0.216. The van der Waals surface area contributed by atoms with Gasteiger partial charge in [-0.3, -0.25) is 4.79 Å². The number of thiazole rings is 1. The first-order valence-electron chi connectivity index (χ1n) is 9.85. The maximum Gasteiger partial charge on any atom is 0.282 e. The van der Waals surface area contributed by atoms with Crippen LogP contribution in [0.5, 0.6) is 0 Å². The number of anilines is 2. The molecule has 1 aliphatic rings. The van der Waals surface area contributed by atoms with Crippen LogP contribution in [0.4, 0.5) is 11.6 Å². The van der Waals surface area contributed by atoms with Crippen molar-refractivity contribution in [3.8, 4) is 0 Å². The van der Waals surface area contributed by atoms with Gasteiger partial charge in [-0.05, 0) is 30.3 Å². The quantitative estimate of drug-likeness (QED) is 0.410. The van der Waals surface area contributed by atoms with Gasteiger partial charge in [-0.25, -0.2) is 28.5 Å². The predicted octanol–water partition coefficient (Wildman–Crippen LogP) is 1.68. The second kappa shape index (κ2) is 8.06. The molecule has 4 N–H and O–H groups in total. The molecular formula is C20H19N7O3S2. The largest absolute Gasteiger partial charge is 0.334 e. The Morgan fingerprint density at radius 1 is 1.16 bits per heavy atom. The smallest absolute Gasteiger partial charge is 0.282 e. The zero-order chi connectivity index (χ0) is 22.3. The number of benzene rings is 2. The van der Waals surface area contributed by atoms with Crippen LogP contribution in [-0.4, -0.2) is 60.4 Å². The number of sulfonamides is 1. The molecule has 0 atom stereocenters. The number of nitrogens with two attached hydrogens (primary N) is 1. The number of rotatable bonds is 4. The molecule has 164 valence electrons. The van der Waals surface area contributed by atoms with Crippen molar-refractivity contribution in [2.75, 3.05) is 31.5 Å². The summed E-state index contributed by atoms with van der Waals surface area (Å²) in [6.45, 7) is 2.86. The molecule has 0 aliphatic carbocycles. The highest BCUT2D eigenvalue weighted by molar-refractivity contribution is 7.89. The fraction of sp³-hybridized carbons (Fsp3) is 0.200. The van der Waals surface area contributed by atoms with Gasteiger partial charge >= 0.3 is 0 Å². The lowest BCUT2D eigenvalue weighted by Gasteiger charge is -2.26. The van der Waals surface area contributed by atoms with Crippen molar-refractivity contribution in [1.82, 2.24) is 25.2 Å². The molecule has 0 saturated carbocycles. The van der Waals surface area contributed by atoms with E-state index in [1.165, 1.54) is 23.5 Å². The van der Waals surface area contributed by atoms with Crippen LogP contribution in [0, 0.1) is 0 Å². The summed E-state index contributed by atoms with van der Waals surface area (Å²) in [5.41, 5.74) is 1.85. The second-order valence-corrected chi connectivity index (χ2v) is 9.86. The minimum Gasteiger partial charge on any atom is -0.334 e. The lowest BCUT2D eigenvalue weighted by molar-refractivity contribution is 0.0735. The molecular weight excluding hydrogens is 450 g/mol. The highest BCUT2D eigenvalue weighted by Crippen LogP contribution is 2.30. The Labute approximate surface area is 187 Å². The molecule has 1 aliphatic heterocycles. The number of hydrogen-bond donors (Lipinski definition) is 3. The van der Waals surface area contributed by atoms with Crippen molar-refractivity contribution in [3.05, 3.63) is 47.6 Å². The summed E-state index contributed by atoms with van der Waals surface area (Å²) in [6, 6.07) is 9.83. The van der Waals surface area contributed by atoms with Crippen molar-refractivity contribution >= 4 is 60.0 Å². The van der Waals surface area contributed by atoms with Gasteiger partial charge in [0.25, 0.3) is 5.91 Å². The number of carbonyl (C=O) groups excluding carboxylic acids is 1. The lowest BCUT2D eigenvalue weighted by Crippen LogP contribution is -2.46. The van der Waals surface area contributed by atoms with E-state index < -0.39 is 10.0 Å². The van der Waals surface area contributed by atoms with Crippen LogP contribution in [0.25, 0.3) is 21.1 Å². The third-order valence-corrected chi connectivity index (χ3v) is 7.09. The second-order valence-electron chi connectivity index (χ2n) is 7.30. The molecule has 2 aromatic carbocycles. The lowest BCUT2D eigenvalue weighted by atomic mass is 10.2. The van der Waals surface area contributed by atoms with Crippen LogP contribution in [0.15, 0.2) is 47.5 Å². The van der Waals surface area contributed by atoms with E-state index in [0.29, 0.717) is 40.8 Å². The normalized spacial score (nSPS) is 14.7. The van der Waals surface area contributed by atoms with Crippen molar-refractivity contribution in [2.24, 2.45) is 5.14 Å². The van der Waals surface area contributed by atoms with E-state index in [4.69, 9.17) is 5.14 Å². The predicted molar refractivity (Wildman–Crippen MR) is 123 cm³/mol. The van der Waals surface area contributed by atoms with Crippen molar-refractivity contribution in [2.45, 2.75) is 4.90 Å². The first kappa shape index (κ1) is 20.7. The molecule has 2 aromatic heterocycles. The van der Waals surface area contributed by atoms with Gasteiger partial charge in [0.05, 0.1) is 20.6 Å². The molecule has 0 spiro atoms. The monoisotopic (exact) mass is 469 g/mol. The maximum atomic E-state index is 12.9. The Morgan fingerprint density at radius 3 is 2.75 bits per heavy atom. The molecule has 12 heteroatoms. The van der Waals surface area contributed by atoms with E-state index in [2.05, 4.69) is 25.6 Å². The first-order valence-corrected chi connectivity index (χ1v) is 12.2. The standard InChI is InChI=1S/C20H19N7O3S2/c21-32(29,30)14-3-1-2-13(10-14)24-20-23-11-12-4-5-15-17(16(12)26-20)31-18(25-15)19(28)27-8-6-22-7-9-27/h1-5,10-11,22H,6-9H2,(H2,21,29,30)(H,23,24,26). The van der Waals surface area contributed by atoms with Crippen molar-refractivity contribution < 1.29 is 13.2 Å². The van der Waals surface area contributed by atoms with Gasteiger partial charge in [0.15, 0.2) is 5.01 Å². The van der Waals surface area contributed by atoms with Gasteiger partial charge in [0, 0.05) is 43.4 Å². The summed E-state index contributed by atoms with van der Waals surface area (Å²) < 4.78 is 24.0. The summed E-state index contributed by atoms with van der Waals surface area (Å²) in [7, 11) is -3.82. The van der Waals surface area contributed by atoms with Crippen LogP contribution in [0.2, 0.25) is 0 Å². The van der Waals surface area contributed by atoms with Crippen LogP contribution in [0.3, 0.4) is 0 Å². The molecule has 3 heterocycles. The van der Waals surface area contributed by atoms with E-state index in [1.807, 2.05) is 12.1 Å². The van der Waals surface area contributed by atoms with Gasteiger partial charge in [0.2, 0.25) is 16.0 Å². The summed E-state index contributed by atoms with van der Waals surface area (Å²) >= 11 is 1.31. The van der Waals surface area contributed by atoms with Crippen molar-refractivity contribution in [3.63, 3.8) is 0 Å². The third kappa shape index (κ3) is 4.00. The number of nitrogens with one attached hydrogen (secondary N) is 2. The Kier molecular flexibility index (Phi) is 5.21. The fourth-order valence-electron chi connectivity index (χ4n) is 3.51.